The molecule has 0 fully saturated rings. The number of nitro groups is 1. The molecule has 2 N–H and O–H groups in total. The third-order valence-corrected chi connectivity index (χ3v) is 8.16. The van der Waals surface area contributed by atoms with Crippen molar-refractivity contribution in [3.8, 4) is 11.5 Å². The van der Waals surface area contributed by atoms with Gasteiger partial charge in [0.15, 0.2) is 6.61 Å². The number of aryl methyl sites for hydroxylation is 1. The Balaban J connectivity index is 1.40. The van der Waals surface area contributed by atoms with Crippen LogP contribution in [0.3, 0.4) is 0 Å². The summed E-state index contributed by atoms with van der Waals surface area (Å²) in [6, 6.07) is 21.1. The highest BCUT2D eigenvalue weighted by atomic mass is 32.2. The van der Waals surface area contributed by atoms with Gasteiger partial charge in [0.05, 0.1) is 28.8 Å². The maximum Gasteiger partial charge on any atom is 0.273 e. The van der Waals surface area contributed by atoms with Crippen molar-refractivity contribution in [2.75, 3.05) is 29.9 Å². The molecule has 0 radical (unpaired) electrons. The van der Waals surface area contributed by atoms with E-state index in [-0.39, 0.29) is 28.4 Å². The molecule has 0 saturated carbocycles. The smallest absolute Gasteiger partial charge is 0.273 e. The largest absolute Gasteiger partial charge is 0.497 e. The number of methoxy groups -OCH3 is 1. The third kappa shape index (κ3) is 8.63. The van der Waals surface area contributed by atoms with Crippen LogP contribution >= 0.6 is 0 Å². The first-order chi connectivity index (χ1) is 22.0. The molecule has 4 aromatic carbocycles. The van der Waals surface area contributed by atoms with Crippen LogP contribution in [0.4, 0.5) is 21.5 Å². The van der Waals surface area contributed by atoms with E-state index >= 15 is 0 Å². The lowest BCUT2D eigenvalue weighted by atomic mass is 10.2. The van der Waals surface area contributed by atoms with Crippen LogP contribution in [0.5, 0.6) is 11.5 Å². The molecule has 0 aliphatic carbocycles. The number of hydrazone groups is 1. The van der Waals surface area contributed by atoms with Gasteiger partial charge in [0.25, 0.3) is 27.5 Å². The SMILES string of the molecule is COc1ccc(N(CC(=O)N/N=C\c2ccc(OCC(=O)Nc3ccc(F)cc3)cc2)S(=O)(=O)c2ccc(C)c([N+](=O)[O-])c2)cc1. The Morgan fingerprint density at radius 3 is 2.24 bits per heavy atom. The molecule has 46 heavy (non-hydrogen) atoms. The number of carbonyl (C=O) groups is 2. The molecule has 0 bridgehead atoms. The number of sulfonamides is 1. The maximum absolute atomic E-state index is 13.6. The number of benzene rings is 4. The minimum Gasteiger partial charge on any atom is -0.497 e. The summed E-state index contributed by atoms with van der Waals surface area (Å²) in [5.41, 5.74) is 3.27. The van der Waals surface area contributed by atoms with Crippen LogP contribution < -0.4 is 24.5 Å². The summed E-state index contributed by atoms with van der Waals surface area (Å²) >= 11 is 0. The fourth-order valence-electron chi connectivity index (χ4n) is 4.01. The first-order valence-corrected chi connectivity index (χ1v) is 14.9. The lowest BCUT2D eigenvalue weighted by Crippen LogP contribution is -2.39. The summed E-state index contributed by atoms with van der Waals surface area (Å²) in [6.07, 6.45) is 1.32. The number of anilines is 2. The van der Waals surface area contributed by atoms with Crippen molar-refractivity contribution in [1.29, 1.82) is 0 Å². The molecule has 0 heterocycles. The zero-order valence-corrected chi connectivity index (χ0v) is 25.4. The number of carbonyl (C=O) groups excluding carboxylic acids is 2. The van der Waals surface area contributed by atoms with E-state index in [1.165, 1.54) is 80.9 Å². The van der Waals surface area contributed by atoms with Crippen LogP contribution in [0.1, 0.15) is 11.1 Å². The van der Waals surface area contributed by atoms with Crippen molar-refractivity contribution >= 4 is 45.1 Å². The van der Waals surface area contributed by atoms with Crippen molar-refractivity contribution in [2.24, 2.45) is 5.10 Å². The highest BCUT2D eigenvalue weighted by Crippen LogP contribution is 2.29. The molecule has 0 aliphatic heterocycles. The number of nitrogens with one attached hydrogen (secondary N) is 2. The predicted octanol–water partition coefficient (Wildman–Crippen LogP) is 4.41. The summed E-state index contributed by atoms with van der Waals surface area (Å²) in [7, 11) is -2.99. The summed E-state index contributed by atoms with van der Waals surface area (Å²) in [5, 5.41) is 17.9. The molecule has 13 nitrogen and oxygen atoms in total. The fraction of sp³-hybridized carbons (Fsp3) is 0.129. The minimum atomic E-state index is -4.44. The molecule has 238 valence electrons. The predicted molar refractivity (Wildman–Crippen MR) is 168 cm³/mol. The zero-order valence-electron chi connectivity index (χ0n) is 24.5. The summed E-state index contributed by atoms with van der Waals surface area (Å²) in [4.78, 5) is 35.3. The van der Waals surface area contributed by atoms with Gasteiger partial charge < -0.3 is 14.8 Å². The van der Waals surface area contributed by atoms with Crippen molar-refractivity contribution in [3.63, 3.8) is 0 Å². The monoisotopic (exact) mass is 649 g/mol. The number of halogens is 1. The summed E-state index contributed by atoms with van der Waals surface area (Å²) in [6.45, 7) is 0.503. The number of amides is 2. The van der Waals surface area contributed by atoms with Crippen LogP contribution in [0.2, 0.25) is 0 Å². The number of ether oxygens (including phenoxy) is 2. The zero-order chi connectivity index (χ0) is 33.3. The topological polar surface area (TPSA) is 170 Å². The molecule has 4 aromatic rings. The Hall–Kier alpha value is -5.83. The summed E-state index contributed by atoms with van der Waals surface area (Å²) in [5.74, 6) is -0.817. The van der Waals surface area contributed by atoms with E-state index in [2.05, 4.69) is 15.8 Å². The van der Waals surface area contributed by atoms with Crippen molar-refractivity contribution in [2.45, 2.75) is 11.8 Å². The fourth-order valence-corrected chi connectivity index (χ4v) is 5.45. The second-order valence-corrected chi connectivity index (χ2v) is 11.5. The van der Waals surface area contributed by atoms with Crippen molar-refractivity contribution in [1.82, 2.24) is 5.43 Å². The Bertz CT molecular complexity index is 1850. The normalized spacial score (nSPS) is 11.1. The Kier molecular flexibility index (Phi) is 10.6. The van der Waals surface area contributed by atoms with Crippen LogP contribution in [0, 0.1) is 22.9 Å². The Morgan fingerprint density at radius 2 is 1.61 bits per heavy atom. The number of nitrogens with zero attached hydrogens (tertiary/aromatic N) is 3. The van der Waals surface area contributed by atoms with Crippen LogP contribution in [0.15, 0.2) is 101 Å². The molecular formula is C31H28FN5O8S. The molecular weight excluding hydrogens is 621 g/mol. The van der Waals surface area contributed by atoms with Gasteiger partial charge in [-0.1, -0.05) is 6.07 Å². The summed E-state index contributed by atoms with van der Waals surface area (Å²) < 4.78 is 51.7. The highest BCUT2D eigenvalue weighted by Gasteiger charge is 2.29. The first-order valence-electron chi connectivity index (χ1n) is 13.5. The minimum absolute atomic E-state index is 0.116. The van der Waals surface area contributed by atoms with Gasteiger partial charge in [-0.25, -0.2) is 18.2 Å². The van der Waals surface area contributed by atoms with E-state index in [4.69, 9.17) is 9.47 Å². The van der Waals surface area contributed by atoms with E-state index in [0.717, 1.165) is 10.4 Å². The van der Waals surface area contributed by atoms with Crippen molar-refractivity contribution < 1.29 is 36.8 Å². The standard InChI is InChI=1S/C31H28FN5O8S/c1-21-3-16-28(17-29(21)37(40)41)46(42,43)36(25-10-14-26(44-2)15-11-25)19-30(38)35-33-18-22-4-12-27(13-5-22)45-20-31(39)34-24-8-6-23(32)7-9-24/h3-18H,19-20H2,1-2H3,(H,34,39)(H,35,38)/b33-18-. The van der Waals surface area contributed by atoms with Gasteiger partial charge in [-0.3, -0.25) is 24.0 Å². The van der Waals surface area contributed by atoms with E-state index < -0.39 is 39.1 Å². The van der Waals surface area contributed by atoms with Gasteiger partial charge in [-0.15, -0.1) is 0 Å². The Morgan fingerprint density at radius 1 is 0.957 bits per heavy atom. The van der Waals surface area contributed by atoms with Gasteiger partial charge in [0.2, 0.25) is 0 Å². The molecule has 0 atom stereocenters. The van der Waals surface area contributed by atoms with Gasteiger partial charge >= 0.3 is 0 Å². The molecule has 15 heteroatoms. The number of rotatable bonds is 13. The quantitative estimate of drug-likeness (QED) is 0.122. The number of hydrogen-bond donors (Lipinski definition) is 2. The average Bonchev–Trinajstić information content (AvgIpc) is 3.04. The highest BCUT2D eigenvalue weighted by molar-refractivity contribution is 7.92. The molecule has 0 saturated heterocycles. The van der Waals surface area contributed by atoms with E-state index in [1.54, 1.807) is 24.3 Å². The van der Waals surface area contributed by atoms with Gasteiger partial charge in [0.1, 0.15) is 23.9 Å². The van der Waals surface area contributed by atoms with E-state index in [9.17, 15) is 32.5 Å². The van der Waals surface area contributed by atoms with Gasteiger partial charge in [-0.05, 0) is 91.3 Å². The lowest BCUT2D eigenvalue weighted by Gasteiger charge is -2.24. The number of hydrogen-bond acceptors (Lipinski definition) is 9. The average molecular weight is 650 g/mol. The van der Waals surface area contributed by atoms with Gasteiger partial charge in [-0.2, -0.15) is 5.10 Å². The lowest BCUT2D eigenvalue weighted by molar-refractivity contribution is -0.385. The molecule has 0 aliphatic rings. The van der Waals surface area contributed by atoms with Crippen LogP contribution in [0.25, 0.3) is 0 Å². The second kappa shape index (κ2) is 14.8. The van der Waals surface area contributed by atoms with Crippen LogP contribution in [-0.2, 0) is 19.6 Å². The molecule has 0 spiro atoms. The molecule has 2 amide bonds. The van der Waals surface area contributed by atoms with E-state index in [1.807, 2.05) is 0 Å². The van der Waals surface area contributed by atoms with Crippen molar-refractivity contribution in [3.05, 3.63) is 118 Å². The van der Waals surface area contributed by atoms with Crippen LogP contribution in [-0.4, -0.2) is 51.6 Å². The molecule has 0 aromatic heterocycles. The maximum atomic E-state index is 13.6. The Labute approximate surface area is 263 Å². The number of nitro benzene ring substituents is 1. The van der Waals surface area contributed by atoms with E-state index in [0.29, 0.717) is 22.7 Å². The third-order valence-electron chi connectivity index (χ3n) is 6.39. The second-order valence-electron chi connectivity index (χ2n) is 9.62. The molecule has 4 rings (SSSR count). The first kappa shape index (κ1) is 33.1. The van der Waals surface area contributed by atoms with Gasteiger partial charge in [0, 0.05) is 17.3 Å². The molecule has 0 unspecified atom stereocenters.